The van der Waals surface area contributed by atoms with E-state index in [4.69, 9.17) is 10.3 Å². The van der Waals surface area contributed by atoms with Gasteiger partial charge in [0, 0.05) is 6.54 Å². The molecule has 0 unspecified atom stereocenters. The summed E-state index contributed by atoms with van der Waals surface area (Å²) >= 11 is 0. The van der Waals surface area contributed by atoms with Gasteiger partial charge in [-0.3, -0.25) is 0 Å². The van der Waals surface area contributed by atoms with Crippen molar-refractivity contribution >= 4 is 0 Å². The molecule has 1 fully saturated rings. The fourth-order valence-corrected chi connectivity index (χ4v) is 1.85. The van der Waals surface area contributed by atoms with E-state index in [1.54, 1.807) is 18.2 Å². The molecule has 0 bridgehead atoms. The van der Waals surface area contributed by atoms with Gasteiger partial charge in [-0.1, -0.05) is 17.3 Å². The summed E-state index contributed by atoms with van der Waals surface area (Å²) in [5.74, 6) is 0.466. The van der Waals surface area contributed by atoms with Crippen LogP contribution in [0.4, 0.5) is 4.39 Å². The Balaban J connectivity index is 1.99. The molecule has 1 heterocycles. The summed E-state index contributed by atoms with van der Waals surface area (Å²) in [5, 5.41) is 3.82. The topological polar surface area (TPSA) is 64.9 Å². The lowest BCUT2D eigenvalue weighted by molar-refractivity contribution is 0.347. The van der Waals surface area contributed by atoms with Crippen LogP contribution in [0.5, 0.6) is 0 Å². The van der Waals surface area contributed by atoms with Crippen molar-refractivity contribution < 1.29 is 8.91 Å². The van der Waals surface area contributed by atoms with Gasteiger partial charge in [-0.2, -0.15) is 4.98 Å². The first-order chi connectivity index (χ1) is 8.25. The van der Waals surface area contributed by atoms with E-state index >= 15 is 0 Å². The van der Waals surface area contributed by atoms with E-state index in [9.17, 15) is 4.39 Å². The van der Waals surface area contributed by atoms with E-state index in [2.05, 4.69) is 10.1 Å². The lowest BCUT2D eigenvalue weighted by atomic mass is 10.1. The smallest absolute Gasteiger partial charge is 0.234 e. The van der Waals surface area contributed by atoms with Crippen molar-refractivity contribution in [3.8, 4) is 11.4 Å². The Kier molecular flexibility index (Phi) is 2.22. The maximum atomic E-state index is 13.5. The molecule has 4 nitrogen and oxygen atoms in total. The zero-order valence-electron chi connectivity index (χ0n) is 9.19. The molecule has 2 aromatic rings. The highest BCUT2D eigenvalue weighted by atomic mass is 19.1. The summed E-state index contributed by atoms with van der Waals surface area (Å²) in [6, 6.07) is 6.37. The van der Waals surface area contributed by atoms with Crippen LogP contribution in [-0.2, 0) is 5.41 Å². The van der Waals surface area contributed by atoms with Crippen LogP contribution in [-0.4, -0.2) is 16.7 Å². The first kappa shape index (κ1) is 10.4. The maximum Gasteiger partial charge on any atom is 0.234 e. The Labute approximate surface area is 97.6 Å². The maximum absolute atomic E-state index is 13.5. The first-order valence-electron chi connectivity index (χ1n) is 5.54. The molecule has 1 aromatic carbocycles. The molecule has 0 spiro atoms. The summed E-state index contributed by atoms with van der Waals surface area (Å²) < 4.78 is 18.7. The van der Waals surface area contributed by atoms with E-state index in [1.807, 2.05) is 0 Å². The number of aromatic nitrogens is 2. The second kappa shape index (κ2) is 3.63. The van der Waals surface area contributed by atoms with Crippen molar-refractivity contribution in [1.82, 2.24) is 10.1 Å². The Morgan fingerprint density at radius 2 is 2.12 bits per heavy atom. The molecule has 1 aliphatic carbocycles. The first-order valence-corrected chi connectivity index (χ1v) is 5.54. The molecule has 3 rings (SSSR count). The summed E-state index contributed by atoms with van der Waals surface area (Å²) in [5.41, 5.74) is 5.88. The number of benzene rings is 1. The average molecular weight is 233 g/mol. The minimum Gasteiger partial charge on any atom is -0.338 e. The average Bonchev–Trinajstić information content (AvgIpc) is 3.00. The Bertz CT molecular complexity index is 548. The molecule has 0 saturated heterocycles. The van der Waals surface area contributed by atoms with Gasteiger partial charge in [0.25, 0.3) is 0 Å². The summed E-state index contributed by atoms with van der Waals surface area (Å²) in [6.07, 6.45) is 1.92. The van der Waals surface area contributed by atoms with Crippen molar-refractivity contribution in [2.24, 2.45) is 5.73 Å². The molecule has 0 amide bonds. The highest BCUT2D eigenvalue weighted by Gasteiger charge is 2.48. The second-order valence-corrected chi connectivity index (χ2v) is 4.39. The molecule has 0 radical (unpaired) electrons. The molecule has 2 N–H and O–H groups in total. The van der Waals surface area contributed by atoms with Crippen molar-refractivity contribution in [3.63, 3.8) is 0 Å². The molecular formula is C12H12FN3O. The predicted molar refractivity (Wildman–Crippen MR) is 59.7 cm³/mol. The van der Waals surface area contributed by atoms with Crippen molar-refractivity contribution in [1.29, 1.82) is 0 Å². The molecule has 1 saturated carbocycles. The second-order valence-electron chi connectivity index (χ2n) is 4.39. The van der Waals surface area contributed by atoms with Crippen molar-refractivity contribution in [3.05, 3.63) is 36.0 Å². The van der Waals surface area contributed by atoms with Crippen LogP contribution >= 0.6 is 0 Å². The van der Waals surface area contributed by atoms with Crippen LogP contribution in [0.25, 0.3) is 11.4 Å². The summed E-state index contributed by atoms with van der Waals surface area (Å²) in [7, 11) is 0. The highest BCUT2D eigenvalue weighted by Crippen LogP contribution is 2.46. The number of halogens is 1. The van der Waals surface area contributed by atoms with Gasteiger partial charge in [0.05, 0.1) is 11.0 Å². The third kappa shape index (κ3) is 1.63. The number of hydrogen-bond donors (Lipinski definition) is 1. The fourth-order valence-electron chi connectivity index (χ4n) is 1.85. The molecule has 5 heteroatoms. The van der Waals surface area contributed by atoms with Crippen LogP contribution in [0.3, 0.4) is 0 Å². The van der Waals surface area contributed by atoms with E-state index < -0.39 is 0 Å². The van der Waals surface area contributed by atoms with Gasteiger partial charge in [0.1, 0.15) is 5.82 Å². The van der Waals surface area contributed by atoms with E-state index in [-0.39, 0.29) is 17.1 Å². The number of rotatable bonds is 3. The Hall–Kier alpha value is -1.75. The van der Waals surface area contributed by atoms with Gasteiger partial charge in [-0.05, 0) is 25.0 Å². The van der Waals surface area contributed by atoms with Gasteiger partial charge in [-0.25, -0.2) is 4.39 Å². The molecule has 1 aliphatic rings. The van der Waals surface area contributed by atoms with Gasteiger partial charge in [0.2, 0.25) is 11.7 Å². The molecular weight excluding hydrogens is 221 g/mol. The molecule has 17 heavy (non-hydrogen) atoms. The molecule has 1 aromatic heterocycles. The van der Waals surface area contributed by atoms with Crippen LogP contribution in [0.2, 0.25) is 0 Å². The number of hydrogen-bond acceptors (Lipinski definition) is 4. The Morgan fingerprint density at radius 1 is 1.35 bits per heavy atom. The highest BCUT2D eigenvalue weighted by molar-refractivity contribution is 5.55. The van der Waals surface area contributed by atoms with Crippen LogP contribution < -0.4 is 5.73 Å². The minimum absolute atomic E-state index is 0.156. The van der Waals surface area contributed by atoms with Crippen molar-refractivity contribution in [2.45, 2.75) is 18.3 Å². The van der Waals surface area contributed by atoms with Gasteiger partial charge in [0.15, 0.2) is 0 Å². The van der Waals surface area contributed by atoms with E-state index in [0.717, 1.165) is 12.8 Å². The van der Waals surface area contributed by atoms with Gasteiger partial charge in [-0.15, -0.1) is 0 Å². The van der Waals surface area contributed by atoms with Gasteiger partial charge < -0.3 is 10.3 Å². The number of nitrogens with two attached hydrogens (primary N) is 1. The van der Waals surface area contributed by atoms with Gasteiger partial charge >= 0.3 is 0 Å². The monoisotopic (exact) mass is 233 g/mol. The summed E-state index contributed by atoms with van der Waals surface area (Å²) in [4.78, 5) is 4.25. The third-order valence-electron chi connectivity index (χ3n) is 3.24. The molecule has 0 atom stereocenters. The predicted octanol–water partition coefficient (Wildman–Crippen LogP) is 1.87. The lowest BCUT2D eigenvalue weighted by Gasteiger charge is -2.03. The van der Waals surface area contributed by atoms with Crippen LogP contribution in [0.1, 0.15) is 18.7 Å². The SMILES string of the molecule is NCC1(c2nc(-c3ccccc3F)no2)CC1. The largest absolute Gasteiger partial charge is 0.338 e. The standard InChI is InChI=1S/C12H12FN3O/c13-9-4-2-1-3-8(9)10-15-11(17-16-10)12(7-14)5-6-12/h1-4H,5-7,14H2. The lowest BCUT2D eigenvalue weighted by Crippen LogP contribution is -2.19. The zero-order chi connectivity index (χ0) is 11.9. The third-order valence-corrected chi connectivity index (χ3v) is 3.24. The molecule has 88 valence electrons. The summed E-state index contributed by atoms with van der Waals surface area (Å²) in [6.45, 7) is 0.492. The van der Waals surface area contributed by atoms with Crippen LogP contribution in [0, 0.1) is 5.82 Å². The van der Waals surface area contributed by atoms with Crippen molar-refractivity contribution in [2.75, 3.05) is 6.54 Å². The molecule has 0 aliphatic heterocycles. The van der Waals surface area contributed by atoms with Crippen LogP contribution in [0.15, 0.2) is 28.8 Å². The normalized spacial score (nSPS) is 17.1. The zero-order valence-corrected chi connectivity index (χ0v) is 9.19. The quantitative estimate of drug-likeness (QED) is 0.878. The number of nitrogens with zero attached hydrogens (tertiary/aromatic N) is 2. The van der Waals surface area contributed by atoms with E-state index in [0.29, 0.717) is 18.0 Å². The Morgan fingerprint density at radius 3 is 2.76 bits per heavy atom. The minimum atomic E-state index is -0.350. The fraction of sp³-hybridized carbons (Fsp3) is 0.333. The van der Waals surface area contributed by atoms with E-state index in [1.165, 1.54) is 6.07 Å².